The molecule has 8 nitrogen and oxygen atoms in total. The lowest BCUT2D eigenvalue weighted by Crippen LogP contribution is -2.41. The molecule has 0 fully saturated rings. The third kappa shape index (κ3) is 3.82. The monoisotopic (exact) mass is 394 g/mol. The molecule has 2 aromatic heterocycles. The van der Waals surface area contributed by atoms with Gasteiger partial charge in [0.1, 0.15) is 5.76 Å². The molecule has 3 aromatic rings. The van der Waals surface area contributed by atoms with Gasteiger partial charge in [-0.25, -0.2) is 4.68 Å². The molecule has 2 heterocycles. The number of carbonyl (C=O) groups is 2. The van der Waals surface area contributed by atoms with Crippen LogP contribution in [0, 0.1) is 6.92 Å². The first-order valence-corrected chi connectivity index (χ1v) is 7.79. The van der Waals surface area contributed by atoms with Gasteiger partial charge in [-0.05, 0) is 31.2 Å². The zero-order valence-corrected chi connectivity index (χ0v) is 14.2. The molecule has 28 heavy (non-hydrogen) atoms. The second-order valence-corrected chi connectivity index (χ2v) is 5.64. The molecule has 3 rings (SSSR count). The van der Waals surface area contributed by atoms with Gasteiger partial charge in [-0.1, -0.05) is 12.1 Å². The number of aromatic hydroxyl groups is 1. The maximum absolute atomic E-state index is 13.1. The number of benzene rings is 1. The normalized spacial score (nSPS) is 11.3. The summed E-state index contributed by atoms with van der Waals surface area (Å²) in [4.78, 5) is 23.9. The van der Waals surface area contributed by atoms with Gasteiger partial charge in [0.25, 0.3) is 5.91 Å². The molecule has 0 saturated heterocycles. The lowest BCUT2D eigenvalue weighted by atomic mass is 10.2. The summed E-state index contributed by atoms with van der Waals surface area (Å²) < 4.78 is 45.2. The van der Waals surface area contributed by atoms with Crippen LogP contribution in [0.15, 0.2) is 47.0 Å². The van der Waals surface area contributed by atoms with Crippen molar-refractivity contribution in [3.63, 3.8) is 0 Å². The Kier molecular flexibility index (Phi) is 4.82. The number of para-hydroxylation sites is 1. The minimum absolute atomic E-state index is 0.0633. The number of hydrogen-bond donors (Lipinski definition) is 3. The fraction of sp³-hybridized carbons (Fsp3) is 0.118. The van der Waals surface area contributed by atoms with Gasteiger partial charge in [0.15, 0.2) is 17.2 Å². The summed E-state index contributed by atoms with van der Waals surface area (Å²) in [5.74, 6) is -2.04. The SMILES string of the molecule is Cc1ccc(C(=O)NNC(=O)c2nn(-c3ccccc3C(F)(F)F)cc2O)o1. The van der Waals surface area contributed by atoms with E-state index in [-0.39, 0.29) is 11.4 Å². The minimum atomic E-state index is -4.66. The Bertz CT molecular complexity index is 1040. The molecule has 0 spiro atoms. The van der Waals surface area contributed by atoms with Gasteiger partial charge in [-0.15, -0.1) is 0 Å². The molecule has 0 saturated carbocycles. The van der Waals surface area contributed by atoms with Crippen LogP contribution in [0.25, 0.3) is 5.69 Å². The summed E-state index contributed by atoms with van der Waals surface area (Å²) in [6.07, 6.45) is -3.80. The number of rotatable bonds is 3. The molecule has 3 N–H and O–H groups in total. The van der Waals surface area contributed by atoms with E-state index in [0.717, 1.165) is 23.0 Å². The number of nitrogens with one attached hydrogen (secondary N) is 2. The first kappa shape index (κ1) is 19.0. The van der Waals surface area contributed by atoms with E-state index >= 15 is 0 Å². The fourth-order valence-electron chi connectivity index (χ4n) is 2.35. The summed E-state index contributed by atoms with van der Waals surface area (Å²) in [6.45, 7) is 1.62. The van der Waals surface area contributed by atoms with Crippen molar-refractivity contribution in [3.05, 3.63) is 65.4 Å². The smallest absolute Gasteiger partial charge is 0.418 e. The van der Waals surface area contributed by atoms with E-state index in [2.05, 4.69) is 5.10 Å². The molecular formula is C17H13F3N4O4. The van der Waals surface area contributed by atoms with Gasteiger partial charge in [-0.2, -0.15) is 18.3 Å². The van der Waals surface area contributed by atoms with Crippen LogP contribution < -0.4 is 10.9 Å². The summed E-state index contributed by atoms with van der Waals surface area (Å²) >= 11 is 0. The molecule has 1 aromatic carbocycles. The first-order chi connectivity index (χ1) is 13.2. The molecular weight excluding hydrogens is 381 g/mol. The number of halogens is 3. The van der Waals surface area contributed by atoms with Crippen LogP contribution in [-0.4, -0.2) is 26.7 Å². The highest BCUT2D eigenvalue weighted by Crippen LogP contribution is 2.34. The third-order valence-electron chi connectivity index (χ3n) is 3.62. The molecule has 2 amide bonds. The number of aryl methyl sites for hydroxylation is 1. The highest BCUT2D eigenvalue weighted by molar-refractivity contribution is 5.98. The van der Waals surface area contributed by atoms with Gasteiger partial charge in [0, 0.05) is 0 Å². The van der Waals surface area contributed by atoms with E-state index in [9.17, 15) is 27.9 Å². The van der Waals surface area contributed by atoms with E-state index in [1.165, 1.54) is 18.2 Å². The molecule has 0 unspecified atom stereocenters. The quantitative estimate of drug-likeness (QED) is 0.592. The molecule has 0 bridgehead atoms. The number of hydrogen-bond acceptors (Lipinski definition) is 5. The number of alkyl halides is 3. The van der Waals surface area contributed by atoms with Crippen LogP contribution in [0.3, 0.4) is 0 Å². The Morgan fingerprint density at radius 2 is 1.79 bits per heavy atom. The van der Waals surface area contributed by atoms with Gasteiger partial charge < -0.3 is 9.52 Å². The molecule has 0 atom stereocenters. The second-order valence-electron chi connectivity index (χ2n) is 5.64. The lowest BCUT2D eigenvalue weighted by molar-refractivity contribution is -0.137. The number of carbonyl (C=O) groups excluding carboxylic acids is 2. The average molecular weight is 394 g/mol. The van der Waals surface area contributed by atoms with Crippen molar-refractivity contribution in [1.82, 2.24) is 20.6 Å². The number of hydrazine groups is 1. The van der Waals surface area contributed by atoms with Gasteiger partial charge >= 0.3 is 12.1 Å². The molecule has 11 heteroatoms. The van der Waals surface area contributed by atoms with Crippen molar-refractivity contribution in [2.75, 3.05) is 0 Å². The zero-order chi connectivity index (χ0) is 20.5. The van der Waals surface area contributed by atoms with E-state index in [4.69, 9.17) is 4.42 Å². The van der Waals surface area contributed by atoms with Crippen LogP contribution >= 0.6 is 0 Å². The molecule has 0 radical (unpaired) electrons. The van der Waals surface area contributed by atoms with Crippen LogP contribution in [0.4, 0.5) is 13.2 Å². The standard InChI is InChI=1S/C17H13F3N4O4/c1-9-6-7-13(28-9)15(26)21-22-16(27)14-12(25)8-24(23-14)11-5-3-2-4-10(11)17(18,19)20/h2-8,25H,1H3,(H,21,26)(H,22,27). The Labute approximate surface area is 155 Å². The number of nitrogens with zero attached hydrogens (tertiary/aromatic N) is 2. The van der Waals surface area contributed by atoms with E-state index in [1.54, 1.807) is 13.0 Å². The zero-order valence-electron chi connectivity index (χ0n) is 14.2. The summed E-state index contributed by atoms with van der Waals surface area (Å²) in [5, 5.41) is 13.6. The van der Waals surface area contributed by atoms with Gasteiger partial charge in [0.2, 0.25) is 0 Å². The largest absolute Gasteiger partial charge is 0.504 e. The first-order valence-electron chi connectivity index (χ1n) is 7.79. The third-order valence-corrected chi connectivity index (χ3v) is 3.62. The van der Waals surface area contributed by atoms with Crippen molar-refractivity contribution in [1.29, 1.82) is 0 Å². The maximum Gasteiger partial charge on any atom is 0.418 e. The number of aromatic nitrogens is 2. The number of furan rings is 1. The second kappa shape index (κ2) is 7.10. The average Bonchev–Trinajstić information content (AvgIpc) is 3.24. The Hall–Kier alpha value is -3.76. The van der Waals surface area contributed by atoms with Crippen LogP contribution in [-0.2, 0) is 6.18 Å². The maximum atomic E-state index is 13.1. The van der Waals surface area contributed by atoms with Crippen molar-refractivity contribution in [3.8, 4) is 11.4 Å². The Morgan fingerprint density at radius 1 is 1.11 bits per heavy atom. The van der Waals surface area contributed by atoms with Crippen molar-refractivity contribution < 1.29 is 32.3 Å². The molecule has 0 aliphatic heterocycles. The summed E-state index contributed by atoms with van der Waals surface area (Å²) in [7, 11) is 0. The minimum Gasteiger partial charge on any atom is -0.504 e. The van der Waals surface area contributed by atoms with E-state index in [0.29, 0.717) is 5.76 Å². The Morgan fingerprint density at radius 3 is 2.43 bits per heavy atom. The van der Waals surface area contributed by atoms with E-state index in [1.807, 2.05) is 10.9 Å². The predicted molar refractivity (Wildman–Crippen MR) is 88.6 cm³/mol. The highest BCUT2D eigenvalue weighted by Gasteiger charge is 2.34. The highest BCUT2D eigenvalue weighted by atomic mass is 19.4. The molecule has 0 aliphatic rings. The topological polar surface area (TPSA) is 109 Å². The van der Waals surface area contributed by atoms with Crippen LogP contribution in [0.1, 0.15) is 32.4 Å². The number of amides is 2. The molecule has 146 valence electrons. The summed E-state index contributed by atoms with van der Waals surface area (Å²) in [5.41, 5.74) is 2.10. The van der Waals surface area contributed by atoms with Gasteiger partial charge in [-0.3, -0.25) is 20.4 Å². The fourth-order valence-corrected chi connectivity index (χ4v) is 2.35. The molecule has 0 aliphatic carbocycles. The van der Waals surface area contributed by atoms with Crippen molar-refractivity contribution in [2.45, 2.75) is 13.1 Å². The van der Waals surface area contributed by atoms with Crippen LogP contribution in [0.2, 0.25) is 0 Å². The Balaban J connectivity index is 1.79. The van der Waals surface area contributed by atoms with Crippen molar-refractivity contribution in [2.24, 2.45) is 0 Å². The van der Waals surface area contributed by atoms with E-state index < -0.39 is 35.0 Å². The summed E-state index contributed by atoms with van der Waals surface area (Å²) in [6, 6.07) is 7.47. The van der Waals surface area contributed by atoms with Crippen LogP contribution in [0.5, 0.6) is 5.75 Å². The predicted octanol–water partition coefficient (Wildman–Crippen LogP) is 2.57. The van der Waals surface area contributed by atoms with Gasteiger partial charge in [0.05, 0.1) is 17.4 Å². The van der Waals surface area contributed by atoms with Crippen molar-refractivity contribution >= 4 is 11.8 Å². The lowest BCUT2D eigenvalue weighted by Gasteiger charge is -2.12.